The molecule has 1 aromatic carbocycles. The van der Waals surface area contributed by atoms with Gasteiger partial charge in [0.25, 0.3) is 10.1 Å². The molecule has 0 unspecified atom stereocenters. The van der Waals surface area contributed by atoms with Crippen molar-refractivity contribution in [2.24, 2.45) is 0 Å². The number of hydrogen-bond acceptors (Lipinski definition) is 3. The van der Waals surface area contributed by atoms with Crippen LogP contribution in [0.4, 0.5) is 0 Å². The molecule has 0 aliphatic carbocycles. The highest BCUT2D eigenvalue weighted by atomic mass is 32.2. The highest BCUT2D eigenvalue weighted by Crippen LogP contribution is 2.04. The molecule has 0 fully saturated rings. The highest BCUT2D eigenvalue weighted by Gasteiger charge is 2.07. The smallest absolute Gasteiger partial charge is 0.294 e. The van der Waals surface area contributed by atoms with Crippen LogP contribution in [-0.2, 0) is 14.5 Å². The summed E-state index contributed by atoms with van der Waals surface area (Å²) in [6.45, 7) is 0. The molecule has 6 heteroatoms. The van der Waals surface area contributed by atoms with Crippen molar-refractivity contribution in [1.82, 2.24) is 0 Å². The van der Waals surface area contributed by atoms with E-state index in [1.165, 1.54) is 12.1 Å². The SMILES string of the molecule is CO[SiH2]c1ccc(S(=O)(=O)O)cc1. The summed E-state index contributed by atoms with van der Waals surface area (Å²) in [6, 6.07) is 6.05. The van der Waals surface area contributed by atoms with Crippen LogP contribution in [0.15, 0.2) is 29.2 Å². The summed E-state index contributed by atoms with van der Waals surface area (Å²) in [6.07, 6.45) is 0. The van der Waals surface area contributed by atoms with Gasteiger partial charge >= 0.3 is 0 Å². The third kappa shape index (κ3) is 2.92. The Balaban J connectivity index is 2.94. The average molecular weight is 218 g/mol. The van der Waals surface area contributed by atoms with E-state index < -0.39 is 19.9 Å². The van der Waals surface area contributed by atoms with Crippen LogP contribution in [0.25, 0.3) is 0 Å². The molecular formula is C7H10O4SSi. The van der Waals surface area contributed by atoms with Crippen molar-refractivity contribution in [2.75, 3.05) is 7.11 Å². The van der Waals surface area contributed by atoms with Gasteiger partial charge in [0, 0.05) is 7.11 Å². The molecule has 1 N–H and O–H groups in total. The minimum absolute atomic E-state index is 0.0821. The summed E-state index contributed by atoms with van der Waals surface area (Å²) >= 11 is 0. The third-order valence-corrected chi connectivity index (χ3v) is 3.49. The third-order valence-electron chi connectivity index (χ3n) is 1.53. The highest BCUT2D eigenvalue weighted by molar-refractivity contribution is 7.85. The maximum Gasteiger partial charge on any atom is 0.294 e. The molecule has 0 spiro atoms. The largest absolute Gasteiger partial charge is 0.422 e. The fourth-order valence-electron chi connectivity index (χ4n) is 0.924. The fourth-order valence-corrected chi connectivity index (χ4v) is 2.17. The second-order valence-corrected chi connectivity index (χ2v) is 5.66. The van der Waals surface area contributed by atoms with Crippen molar-refractivity contribution in [2.45, 2.75) is 4.90 Å². The van der Waals surface area contributed by atoms with E-state index in [-0.39, 0.29) is 4.90 Å². The van der Waals surface area contributed by atoms with Gasteiger partial charge in [-0.05, 0) is 17.3 Å². The molecule has 0 saturated carbocycles. The predicted molar refractivity (Wildman–Crippen MR) is 51.4 cm³/mol. The predicted octanol–water partition coefficient (Wildman–Crippen LogP) is -0.711. The molecule has 0 atom stereocenters. The van der Waals surface area contributed by atoms with Crippen LogP contribution in [0.3, 0.4) is 0 Å². The molecule has 0 aromatic heterocycles. The first kappa shape index (κ1) is 10.4. The molecule has 0 heterocycles. The van der Waals surface area contributed by atoms with Crippen molar-refractivity contribution in [3.05, 3.63) is 24.3 Å². The Labute approximate surface area is 79.2 Å². The Morgan fingerprint density at radius 2 is 1.85 bits per heavy atom. The van der Waals surface area contributed by atoms with Crippen LogP contribution in [-0.4, -0.2) is 29.8 Å². The van der Waals surface area contributed by atoms with Crippen LogP contribution < -0.4 is 5.19 Å². The molecular weight excluding hydrogens is 208 g/mol. The lowest BCUT2D eigenvalue weighted by molar-refractivity contribution is 0.450. The van der Waals surface area contributed by atoms with Gasteiger partial charge in [-0.25, -0.2) is 0 Å². The van der Waals surface area contributed by atoms with Crippen molar-refractivity contribution < 1.29 is 17.4 Å². The lowest BCUT2D eigenvalue weighted by atomic mass is 10.4. The first-order valence-electron chi connectivity index (χ1n) is 3.59. The van der Waals surface area contributed by atoms with Crippen molar-refractivity contribution in [3.63, 3.8) is 0 Å². The average Bonchev–Trinajstić information content (AvgIpc) is 2.04. The lowest BCUT2D eigenvalue weighted by Crippen LogP contribution is -2.15. The molecule has 0 aliphatic heterocycles. The van der Waals surface area contributed by atoms with Crippen LogP contribution in [0.5, 0.6) is 0 Å². The molecule has 1 rings (SSSR count). The van der Waals surface area contributed by atoms with Crippen LogP contribution in [0, 0.1) is 0 Å². The van der Waals surface area contributed by atoms with Crippen molar-refractivity contribution >= 4 is 25.1 Å². The zero-order valence-corrected chi connectivity index (χ0v) is 9.33. The Bertz CT molecular complexity index is 370. The van der Waals surface area contributed by atoms with Crippen LogP contribution in [0.1, 0.15) is 0 Å². The van der Waals surface area contributed by atoms with E-state index in [1.807, 2.05) is 0 Å². The van der Waals surface area contributed by atoms with E-state index in [0.29, 0.717) is 0 Å². The first-order valence-corrected chi connectivity index (χ1v) is 6.32. The standard InChI is InChI=1S/C7H10O4SSi/c1-11-13-7-4-2-6(3-5-7)12(8,9)10/h2-5H,13H2,1H3,(H,8,9,10). The number of benzene rings is 1. The van der Waals surface area contributed by atoms with Gasteiger partial charge in [0.2, 0.25) is 0 Å². The maximum absolute atomic E-state index is 10.6. The first-order chi connectivity index (χ1) is 6.04. The van der Waals surface area contributed by atoms with Gasteiger partial charge in [-0.1, -0.05) is 12.1 Å². The molecule has 0 radical (unpaired) electrons. The minimum Gasteiger partial charge on any atom is -0.422 e. The van der Waals surface area contributed by atoms with E-state index in [9.17, 15) is 8.42 Å². The summed E-state index contributed by atoms with van der Waals surface area (Å²) in [7, 11) is -3.18. The summed E-state index contributed by atoms with van der Waals surface area (Å²) in [5.74, 6) is 0. The van der Waals surface area contributed by atoms with E-state index in [0.717, 1.165) is 5.19 Å². The van der Waals surface area contributed by atoms with Gasteiger partial charge in [0.15, 0.2) is 9.76 Å². The molecule has 13 heavy (non-hydrogen) atoms. The minimum atomic E-state index is -4.06. The van der Waals surface area contributed by atoms with Crippen molar-refractivity contribution in [3.8, 4) is 0 Å². The second-order valence-electron chi connectivity index (χ2n) is 2.55. The van der Waals surface area contributed by atoms with Gasteiger partial charge < -0.3 is 4.43 Å². The van der Waals surface area contributed by atoms with Crippen molar-refractivity contribution in [1.29, 1.82) is 0 Å². The number of rotatable bonds is 3. The van der Waals surface area contributed by atoms with Crippen LogP contribution in [0.2, 0.25) is 0 Å². The van der Waals surface area contributed by atoms with E-state index in [2.05, 4.69) is 0 Å². The van der Waals surface area contributed by atoms with Gasteiger partial charge in [-0.2, -0.15) is 8.42 Å². The molecule has 0 bridgehead atoms. The summed E-state index contributed by atoms with van der Waals surface area (Å²) in [5.41, 5.74) is 0. The maximum atomic E-state index is 10.6. The zero-order valence-electron chi connectivity index (χ0n) is 7.10. The van der Waals surface area contributed by atoms with E-state index in [4.69, 9.17) is 8.98 Å². The summed E-state index contributed by atoms with van der Waals surface area (Å²) in [4.78, 5) is -0.0821. The van der Waals surface area contributed by atoms with Gasteiger partial charge in [0.1, 0.15) is 0 Å². The Morgan fingerprint density at radius 3 is 2.23 bits per heavy atom. The zero-order chi connectivity index (χ0) is 9.90. The Morgan fingerprint density at radius 1 is 1.31 bits per heavy atom. The monoisotopic (exact) mass is 218 g/mol. The molecule has 0 saturated heterocycles. The normalized spacial score (nSPS) is 12.5. The van der Waals surface area contributed by atoms with E-state index >= 15 is 0 Å². The molecule has 4 nitrogen and oxygen atoms in total. The molecule has 72 valence electrons. The fraction of sp³-hybridized carbons (Fsp3) is 0.143. The summed E-state index contributed by atoms with van der Waals surface area (Å²) in [5, 5.41) is 0.995. The molecule has 0 aliphatic rings. The molecule has 0 amide bonds. The van der Waals surface area contributed by atoms with E-state index in [1.54, 1.807) is 19.2 Å². The van der Waals surface area contributed by atoms with Gasteiger partial charge in [0.05, 0.1) is 4.90 Å². The summed E-state index contributed by atoms with van der Waals surface area (Å²) < 4.78 is 34.9. The van der Waals surface area contributed by atoms with Crippen LogP contribution >= 0.6 is 0 Å². The number of hydrogen-bond donors (Lipinski definition) is 1. The molecule has 1 aromatic rings. The van der Waals surface area contributed by atoms with Gasteiger partial charge in [-0.3, -0.25) is 4.55 Å². The topological polar surface area (TPSA) is 63.6 Å². The second kappa shape index (κ2) is 4.01. The Hall–Kier alpha value is -0.693. The lowest BCUT2D eigenvalue weighted by Gasteiger charge is -1.99. The Kier molecular flexibility index (Phi) is 3.20. The van der Waals surface area contributed by atoms with Gasteiger partial charge in [-0.15, -0.1) is 0 Å². The quantitative estimate of drug-likeness (QED) is 0.538.